The van der Waals surface area contributed by atoms with Crippen LogP contribution in [0.3, 0.4) is 0 Å². The lowest BCUT2D eigenvalue weighted by atomic mass is 10.1. The van der Waals surface area contributed by atoms with Gasteiger partial charge in [0.15, 0.2) is 0 Å². The zero-order valence-electron chi connectivity index (χ0n) is 17.2. The highest BCUT2D eigenvalue weighted by Crippen LogP contribution is 2.26. The van der Waals surface area contributed by atoms with Gasteiger partial charge in [0.25, 0.3) is 15.9 Å². The first-order valence-corrected chi connectivity index (χ1v) is 11.5. The lowest BCUT2D eigenvalue weighted by Crippen LogP contribution is -2.26. The number of carbonyl (C=O) groups is 1. The van der Waals surface area contributed by atoms with Crippen molar-refractivity contribution in [2.24, 2.45) is 0 Å². The number of halogens is 1. The van der Waals surface area contributed by atoms with Crippen LogP contribution in [-0.2, 0) is 16.6 Å². The number of ether oxygens (including phenoxy) is 1. The predicted octanol–water partition coefficient (Wildman–Crippen LogP) is 4.81. The molecule has 0 fully saturated rings. The van der Waals surface area contributed by atoms with E-state index in [1.54, 1.807) is 31.3 Å². The molecule has 0 radical (unpaired) electrons. The van der Waals surface area contributed by atoms with E-state index < -0.39 is 10.0 Å². The van der Waals surface area contributed by atoms with E-state index in [0.717, 1.165) is 5.56 Å². The molecule has 31 heavy (non-hydrogen) atoms. The quantitative estimate of drug-likeness (QED) is 0.525. The Labute approximate surface area is 187 Å². The molecule has 0 aliphatic carbocycles. The monoisotopic (exact) mass is 458 g/mol. The first-order chi connectivity index (χ1) is 14.8. The highest BCUT2D eigenvalue weighted by atomic mass is 35.5. The summed E-state index contributed by atoms with van der Waals surface area (Å²) in [4.78, 5) is 14.2. The molecule has 0 aliphatic rings. The molecule has 1 N–H and O–H groups in total. The molecule has 0 atom stereocenters. The highest BCUT2D eigenvalue weighted by molar-refractivity contribution is 7.92. The number of rotatable bonds is 8. The summed E-state index contributed by atoms with van der Waals surface area (Å²) in [6.07, 6.45) is 0. The maximum Gasteiger partial charge on any atom is 0.263 e. The van der Waals surface area contributed by atoms with Gasteiger partial charge in [-0.2, -0.15) is 0 Å². The molecule has 0 saturated heterocycles. The van der Waals surface area contributed by atoms with E-state index in [-0.39, 0.29) is 21.4 Å². The van der Waals surface area contributed by atoms with Gasteiger partial charge in [0.1, 0.15) is 10.6 Å². The van der Waals surface area contributed by atoms with Gasteiger partial charge in [-0.3, -0.25) is 9.52 Å². The second kappa shape index (κ2) is 9.85. The molecule has 0 aromatic heterocycles. The Morgan fingerprint density at radius 2 is 1.71 bits per heavy atom. The van der Waals surface area contributed by atoms with Crippen LogP contribution in [0, 0.1) is 0 Å². The van der Waals surface area contributed by atoms with Crippen molar-refractivity contribution in [3.63, 3.8) is 0 Å². The lowest BCUT2D eigenvalue weighted by molar-refractivity contribution is 0.0785. The van der Waals surface area contributed by atoms with Crippen molar-refractivity contribution in [2.75, 3.05) is 18.4 Å². The van der Waals surface area contributed by atoms with Crippen molar-refractivity contribution >= 4 is 33.2 Å². The molecule has 3 aromatic rings. The summed E-state index contributed by atoms with van der Waals surface area (Å²) in [5, 5.41) is 0.0284. The van der Waals surface area contributed by atoms with E-state index in [2.05, 4.69) is 4.72 Å². The molecule has 0 unspecified atom stereocenters. The molecule has 0 bridgehead atoms. The maximum absolute atomic E-state index is 12.9. The van der Waals surface area contributed by atoms with Gasteiger partial charge in [0, 0.05) is 24.8 Å². The predicted molar refractivity (Wildman–Crippen MR) is 122 cm³/mol. The molecular weight excluding hydrogens is 436 g/mol. The number of hydrogen-bond donors (Lipinski definition) is 1. The Balaban J connectivity index is 1.81. The number of hydrogen-bond acceptors (Lipinski definition) is 4. The van der Waals surface area contributed by atoms with Gasteiger partial charge >= 0.3 is 0 Å². The summed E-state index contributed by atoms with van der Waals surface area (Å²) in [5.41, 5.74) is 1.56. The zero-order chi connectivity index (χ0) is 22.4. The third-order valence-corrected chi connectivity index (χ3v) is 6.36. The minimum atomic E-state index is -4.00. The van der Waals surface area contributed by atoms with Crippen LogP contribution >= 0.6 is 11.6 Å². The molecular formula is C23H23ClN2O4S. The minimum Gasteiger partial charge on any atom is -0.494 e. The number of carbonyl (C=O) groups excluding carboxylic acids is 1. The van der Waals surface area contributed by atoms with E-state index >= 15 is 0 Å². The van der Waals surface area contributed by atoms with Crippen molar-refractivity contribution in [1.82, 2.24) is 4.90 Å². The topological polar surface area (TPSA) is 75.7 Å². The van der Waals surface area contributed by atoms with Crippen LogP contribution in [0.1, 0.15) is 22.8 Å². The van der Waals surface area contributed by atoms with E-state index in [0.29, 0.717) is 24.6 Å². The molecule has 0 aliphatic heterocycles. The second-order valence-corrected chi connectivity index (χ2v) is 8.91. The Kier molecular flexibility index (Phi) is 7.20. The molecule has 0 spiro atoms. The first-order valence-electron chi connectivity index (χ1n) is 9.65. The molecule has 0 heterocycles. The van der Waals surface area contributed by atoms with Crippen molar-refractivity contribution < 1.29 is 17.9 Å². The standard InChI is InChI=1S/C23H23ClN2O4S/c1-3-30-20-12-10-19(11-13-20)25-31(28,29)22-15-18(9-14-21(22)24)23(27)26(2)16-17-7-5-4-6-8-17/h4-15,25H,3,16H2,1-2H3. The van der Waals surface area contributed by atoms with Gasteiger partial charge in [-0.05, 0) is 55.0 Å². The Bertz CT molecular complexity index is 1150. The Hall–Kier alpha value is -3.03. The molecule has 3 aromatic carbocycles. The SMILES string of the molecule is CCOc1ccc(NS(=O)(=O)c2cc(C(=O)N(C)Cc3ccccc3)ccc2Cl)cc1. The molecule has 0 saturated carbocycles. The summed E-state index contributed by atoms with van der Waals surface area (Å²) >= 11 is 6.16. The fourth-order valence-electron chi connectivity index (χ4n) is 2.99. The van der Waals surface area contributed by atoms with Crippen molar-refractivity contribution in [3.05, 3.63) is 88.9 Å². The molecule has 3 rings (SSSR count). The molecule has 8 heteroatoms. The molecule has 1 amide bonds. The second-order valence-electron chi connectivity index (χ2n) is 6.85. The van der Waals surface area contributed by atoms with Gasteiger partial charge in [0.2, 0.25) is 0 Å². The largest absolute Gasteiger partial charge is 0.494 e. The fourth-order valence-corrected chi connectivity index (χ4v) is 4.57. The average Bonchev–Trinajstić information content (AvgIpc) is 2.75. The fraction of sp³-hybridized carbons (Fsp3) is 0.174. The highest BCUT2D eigenvalue weighted by Gasteiger charge is 2.22. The maximum atomic E-state index is 12.9. The van der Waals surface area contributed by atoms with Crippen LogP contribution in [0.2, 0.25) is 5.02 Å². The minimum absolute atomic E-state index is 0.0284. The van der Waals surface area contributed by atoms with Crippen molar-refractivity contribution in [3.8, 4) is 5.75 Å². The van der Waals surface area contributed by atoms with E-state index in [9.17, 15) is 13.2 Å². The van der Waals surface area contributed by atoms with Gasteiger partial charge in [-0.15, -0.1) is 0 Å². The summed E-state index contributed by atoms with van der Waals surface area (Å²) < 4.78 is 33.7. The van der Waals surface area contributed by atoms with Crippen LogP contribution in [0.4, 0.5) is 5.69 Å². The number of sulfonamides is 1. The van der Waals surface area contributed by atoms with Gasteiger partial charge in [-0.25, -0.2) is 8.42 Å². The van der Waals surface area contributed by atoms with Gasteiger partial charge in [0.05, 0.1) is 11.6 Å². The summed E-state index contributed by atoms with van der Waals surface area (Å²) in [7, 11) is -2.34. The lowest BCUT2D eigenvalue weighted by Gasteiger charge is -2.18. The number of nitrogens with zero attached hydrogens (tertiary/aromatic N) is 1. The number of nitrogens with one attached hydrogen (secondary N) is 1. The van der Waals surface area contributed by atoms with Crippen molar-refractivity contribution in [2.45, 2.75) is 18.4 Å². The average molecular weight is 459 g/mol. The molecule has 162 valence electrons. The third-order valence-electron chi connectivity index (χ3n) is 4.49. The van der Waals surface area contributed by atoms with Crippen LogP contribution < -0.4 is 9.46 Å². The molecule has 6 nitrogen and oxygen atoms in total. The zero-order valence-corrected chi connectivity index (χ0v) is 18.8. The van der Waals surface area contributed by atoms with Crippen LogP contribution in [0.25, 0.3) is 0 Å². The normalized spacial score (nSPS) is 11.1. The van der Waals surface area contributed by atoms with Gasteiger partial charge in [-0.1, -0.05) is 41.9 Å². The van der Waals surface area contributed by atoms with Crippen LogP contribution in [-0.4, -0.2) is 32.9 Å². The summed E-state index contributed by atoms with van der Waals surface area (Å²) in [5.74, 6) is 0.329. The summed E-state index contributed by atoms with van der Waals surface area (Å²) in [6.45, 7) is 2.78. The van der Waals surface area contributed by atoms with Crippen LogP contribution in [0.5, 0.6) is 5.75 Å². The Morgan fingerprint density at radius 3 is 2.35 bits per heavy atom. The number of amides is 1. The number of anilines is 1. The van der Waals surface area contributed by atoms with E-state index in [4.69, 9.17) is 16.3 Å². The Morgan fingerprint density at radius 1 is 1.03 bits per heavy atom. The smallest absolute Gasteiger partial charge is 0.263 e. The first kappa shape index (κ1) is 22.7. The van der Waals surface area contributed by atoms with Gasteiger partial charge < -0.3 is 9.64 Å². The van der Waals surface area contributed by atoms with Crippen LogP contribution in [0.15, 0.2) is 77.7 Å². The van der Waals surface area contributed by atoms with E-state index in [1.165, 1.54) is 23.1 Å². The number of benzene rings is 3. The third kappa shape index (κ3) is 5.77. The van der Waals surface area contributed by atoms with Crippen molar-refractivity contribution in [1.29, 1.82) is 0 Å². The summed E-state index contributed by atoms with van der Waals surface area (Å²) in [6, 6.07) is 20.3. The van der Waals surface area contributed by atoms with E-state index in [1.807, 2.05) is 37.3 Å².